The predicted molar refractivity (Wildman–Crippen MR) is 143 cm³/mol. The van der Waals surface area contributed by atoms with E-state index in [-0.39, 0.29) is 24.5 Å². The second-order valence-electron chi connectivity index (χ2n) is 8.87. The monoisotopic (exact) mass is 533 g/mol. The van der Waals surface area contributed by atoms with Crippen molar-refractivity contribution in [2.24, 2.45) is 0 Å². The molecule has 0 unspecified atom stereocenters. The molecular weight excluding hydrogens is 502 g/mol. The normalized spacial score (nSPS) is 14.6. The number of hydrogen-bond donors (Lipinski definition) is 1. The number of likely N-dealkylation sites (tertiary alicyclic amines) is 1. The van der Waals surface area contributed by atoms with Crippen LogP contribution in [0, 0.1) is 0 Å². The van der Waals surface area contributed by atoms with E-state index in [9.17, 15) is 13.2 Å². The SMILES string of the molecule is COc1cccc(CN2CCC(N(C)C(=O)n3cnc(-c4cccc(NS(C)(=O)=O)c4)c3)CC2)c1.Cl. The number of benzene rings is 2. The van der Waals surface area contributed by atoms with Gasteiger partial charge in [0.2, 0.25) is 10.0 Å². The zero-order valence-corrected chi connectivity index (χ0v) is 22.3. The first kappa shape index (κ1) is 27.5. The van der Waals surface area contributed by atoms with Crippen LogP contribution in [-0.4, -0.2) is 73.3 Å². The Kier molecular flexibility index (Phi) is 8.99. The zero-order valence-electron chi connectivity index (χ0n) is 20.6. The molecule has 0 radical (unpaired) electrons. The van der Waals surface area contributed by atoms with Gasteiger partial charge in [0.1, 0.15) is 12.1 Å². The number of carbonyl (C=O) groups is 1. The molecule has 0 atom stereocenters. The predicted octanol–water partition coefficient (Wildman–Crippen LogP) is 3.92. The minimum Gasteiger partial charge on any atom is -0.497 e. The summed E-state index contributed by atoms with van der Waals surface area (Å²) in [6, 6.07) is 15.1. The molecule has 0 bridgehead atoms. The van der Waals surface area contributed by atoms with Gasteiger partial charge in [0.15, 0.2) is 0 Å². The maximum absolute atomic E-state index is 13.1. The smallest absolute Gasteiger partial charge is 0.329 e. The second kappa shape index (κ2) is 11.8. The van der Waals surface area contributed by atoms with E-state index in [2.05, 4.69) is 26.7 Å². The summed E-state index contributed by atoms with van der Waals surface area (Å²) in [5, 5.41) is 0. The van der Waals surface area contributed by atoms with Gasteiger partial charge in [-0.2, -0.15) is 0 Å². The first-order valence-electron chi connectivity index (χ1n) is 11.5. The first-order valence-corrected chi connectivity index (χ1v) is 13.4. The van der Waals surface area contributed by atoms with E-state index in [0.29, 0.717) is 11.4 Å². The minimum atomic E-state index is -3.38. The lowest BCUT2D eigenvalue weighted by atomic mass is 10.0. The molecular formula is C25H32ClN5O4S. The molecule has 1 amide bonds. The van der Waals surface area contributed by atoms with Crippen LogP contribution in [0.2, 0.25) is 0 Å². The maximum atomic E-state index is 13.1. The van der Waals surface area contributed by atoms with Crippen LogP contribution in [0.15, 0.2) is 61.1 Å². The van der Waals surface area contributed by atoms with Gasteiger partial charge in [-0.25, -0.2) is 18.2 Å². The van der Waals surface area contributed by atoms with E-state index in [4.69, 9.17) is 4.74 Å². The van der Waals surface area contributed by atoms with Crippen molar-refractivity contribution in [2.75, 3.05) is 38.2 Å². The van der Waals surface area contributed by atoms with Crippen LogP contribution in [-0.2, 0) is 16.6 Å². The average molecular weight is 534 g/mol. The first-order chi connectivity index (χ1) is 16.7. The lowest BCUT2D eigenvalue weighted by Gasteiger charge is -2.36. The van der Waals surface area contributed by atoms with Gasteiger partial charge < -0.3 is 9.64 Å². The standard InChI is InChI=1S/C25H31N5O4S.ClH/c1-28(22-10-12-29(13-11-22)16-19-6-4-9-23(14-19)34-2)25(31)30-17-24(26-18-30)20-7-5-8-21(15-20)27-35(3,32)33;/h4-9,14-15,17-18,22,27H,10-13,16H2,1-3H3;1H. The summed E-state index contributed by atoms with van der Waals surface area (Å²) in [6.45, 7) is 2.68. The van der Waals surface area contributed by atoms with Crippen LogP contribution in [0.3, 0.4) is 0 Å². The minimum absolute atomic E-state index is 0. The number of rotatable bonds is 7. The van der Waals surface area contributed by atoms with Crippen molar-refractivity contribution in [3.63, 3.8) is 0 Å². The summed E-state index contributed by atoms with van der Waals surface area (Å²) in [5.41, 5.74) is 2.98. The highest BCUT2D eigenvalue weighted by atomic mass is 35.5. The number of anilines is 1. The van der Waals surface area contributed by atoms with Crippen molar-refractivity contribution < 1.29 is 17.9 Å². The molecule has 2 aromatic carbocycles. The van der Waals surface area contributed by atoms with Crippen molar-refractivity contribution in [1.82, 2.24) is 19.4 Å². The number of ether oxygens (including phenoxy) is 1. The Bertz CT molecular complexity index is 1290. The van der Waals surface area contributed by atoms with Gasteiger partial charge in [-0.1, -0.05) is 24.3 Å². The van der Waals surface area contributed by atoms with E-state index in [1.165, 1.54) is 16.5 Å². The Morgan fingerprint density at radius 1 is 1.17 bits per heavy atom. The number of halogens is 1. The Labute approximate surface area is 218 Å². The van der Waals surface area contributed by atoms with Crippen molar-refractivity contribution in [2.45, 2.75) is 25.4 Å². The van der Waals surface area contributed by atoms with Crippen LogP contribution in [0.4, 0.5) is 10.5 Å². The lowest BCUT2D eigenvalue weighted by molar-refractivity contribution is 0.132. The molecule has 1 N–H and O–H groups in total. The van der Waals surface area contributed by atoms with Gasteiger partial charge in [0.25, 0.3) is 0 Å². The van der Waals surface area contributed by atoms with Gasteiger partial charge in [-0.3, -0.25) is 14.2 Å². The average Bonchev–Trinajstić information content (AvgIpc) is 3.33. The maximum Gasteiger partial charge on any atom is 0.329 e. The van der Waals surface area contributed by atoms with Crippen molar-refractivity contribution >= 4 is 34.1 Å². The Morgan fingerprint density at radius 2 is 1.89 bits per heavy atom. The van der Waals surface area contributed by atoms with Gasteiger partial charge in [-0.05, 0) is 42.7 Å². The number of methoxy groups -OCH3 is 1. The molecule has 36 heavy (non-hydrogen) atoms. The molecule has 9 nitrogen and oxygen atoms in total. The molecule has 4 rings (SSSR count). The number of piperidine rings is 1. The summed E-state index contributed by atoms with van der Waals surface area (Å²) >= 11 is 0. The fraction of sp³-hybridized carbons (Fsp3) is 0.360. The number of imidazole rings is 1. The summed E-state index contributed by atoms with van der Waals surface area (Å²) in [5.74, 6) is 0.862. The molecule has 1 aliphatic heterocycles. The molecule has 0 saturated carbocycles. The molecule has 0 spiro atoms. The van der Waals surface area contributed by atoms with Gasteiger partial charge >= 0.3 is 6.03 Å². The fourth-order valence-electron chi connectivity index (χ4n) is 4.36. The summed E-state index contributed by atoms with van der Waals surface area (Å²) in [7, 11) is 0.130. The molecule has 2 heterocycles. The molecule has 1 aliphatic rings. The van der Waals surface area contributed by atoms with E-state index < -0.39 is 10.0 Å². The van der Waals surface area contributed by atoms with Gasteiger partial charge in [0.05, 0.1) is 19.1 Å². The van der Waals surface area contributed by atoms with Crippen LogP contribution < -0.4 is 9.46 Å². The third-order valence-electron chi connectivity index (χ3n) is 6.21. The van der Waals surface area contributed by atoms with Gasteiger partial charge in [0, 0.05) is 50.2 Å². The molecule has 11 heteroatoms. The van der Waals surface area contributed by atoms with Crippen LogP contribution in [0.25, 0.3) is 11.3 Å². The highest BCUT2D eigenvalue weighted by Crippen LogP contribution is 2.23. The summed E-state index contributed by atoms with van der Waals surface area (Å²) in [4.78, 5) is 21.7. The lowest BCUT2D eigenvalue weighted by Crippen LogP contribution is -2.46. The molecule has 194 valence electrons. The molecule has 3 aromatic rings. The highest BCUT2D eigenvalue weighted by molar-refractivity contribution is 7.92. The van der Waals surface area contributed by atoms with Crippen LogP contribution in [0.5, 0.6) is 5.75 Å². The largest absolute Gasteiger partial charge is 0.497 e. The van der Waals surface area contributed by atoms with Crippen molar-refractivity contribution in [1.29, 1.82) is 0 Å². The van der Waals surface area contributed by atoms with E-state index in [1.807, 2.05) is 25.2 Å². The fourth-order valence-corrected chi connectivity index (χ4v) is 4.92. The van der Waals surface area contributed by atoms with Crippen molar-refractivity contribution in [3.8, 4) is 17.0 Å². The van der Waals surface area contributed by atoms with E-state index in [1.54, 1.807) is 36.4 Å². The Balaban J connectivity index is 0.00000361. The molecule has 1 saturated heterocycles. The number of carbonyl (C=O) groups excluding carboxylic acids is 1. The number of nitrogens with one attached hydrogen (secondary N) is 1. The summed E-state index contributed by atoms with van der Waals surface area (Å²) in [6.07, 6.45) is 6.07. The number of sulfonamides is 1. The molecule has 0 aliphatic carbocycles. The van der Waals surface area contributed by atoms with E-state index in [0.717, 1.165) is 50.0 Å². The van der Waals surface area contributed by atoms with Crippen LogP contribution in [0.1, 0.15) is 18.4 Å². The second-order valence-corrected chi connectivity index (χ2v) is 10.6. The van der Waals surface area contributed by atoms with Crippen LogP contribution >= 0.6 is 12.4 Å². The third kappa shape index (κ3) is 6.99. The Morgan fingerprint density at radius 3 is 2.58 bits per heavy atom. The molecule has 1 aromatic heterocycles. The Hall–Kier alpha value is -3.08. The third-order valence-corrected chi connectivity index (χ3v) is 6.82. The van der Waals surface area contributed by atoms with E-state index >= 15 is 0 Å². The quantitative estimate of drug-likeness (QED) is 0.494. The topological polar surface area (TPSA) is 96.8 Å². The zero-order chi connectivity index (χ0) is 25.0. The number of hydrogen-bond acceptors (Lipinski definition) is 6. The van der Waals surface area contributed by atoms with Gasteiger partial charge in [-0.15, -0.1) is 12.4 Å². The number of amides is 1. The number of aromatic nitrogens is 2. The highest BCUT2D eigenvalue weighted by Gasteiger charge is 2.26. The molecule has 1 fully saturated rings. The summed E-state index contributed by atoms with van der Waals surface area (Å²) < 4.78 is 32.3. The van der Waals surface area contributed by atoms with Crippen molar-refractivity contribution in [3.05, 3.63) is 66.6 Å². The number of nitrogens with zero attached hydrogens (tertiary/aromatic N) is 4.